The van der Waals surface area contributed by atoms with Gasteiger partial charge in [0.2, 0.25) is 11.8 Å². The molecular formula is C23H26N2O3. The van der Waals surface area contributed by atoms with Gasteiger partial charge >= 0.3 is 0 Å². The average molecular weight is 378 g/mol. The predicted octanol–water partition coefficient (Wildman–Crippen LogP) is 3.15. The highest BCUT2D eigenvalue weighted by molar-refractivity contribution is 5.98. The molecule has 0 heterocycles. The maximum atomic E-state index is 13.1. The molecule has 5 nitrogen and oxygen atoms in total. The van der Waals surface area contributed by atoms with E-state index in [1.807, 2.05) is 47.4 Å². The van der Waals surface area contributed by atoms with E-state index in [1.54, 1.807) is 12.1 Å². The van der Waals surface area contributed by atoms with Crippen LogP contribution in [0.4, 0.5) is 5.69 Å². The van der Waals surface area contributed by atoms with Crippen molar-refractivity contribution in [1.29, 1.82) is 0 Å². The van der Waals surface area contributed by atoms with Gasteiger partial charge in [0.15, 0.2) is 0 Å². The minimum atomic E-state index is -0.270. The molecule has 28 heavy (non-hydrogen) atoms. The molecule has 146 valence electrons. The van der Waals surface area contributed by atoms with Gasteiger partial charge in [-0.2, -0.15) is 0 Å². The Labute approximate surface area is 165 Å². The number of benzene rings is 2. The molecule has 1 unspecified atom stereocenters. The van der Waals surface area contributed by atoms with Gasteiger partial charge in [0.05, 0.1) is 19.1 Å². The van der Waals surface area contributed by atoms with Crippen molar-refractivity contribution in [3.63, 3.8) is 0 Å². The number of aliphatic hydroxyl groups excluding tert-OH is 1. The summed E-state index contributed by atoms with van der Waals surface area (Å²) in [4.78, 5) is 26.3. The van der Waals surface area contributed by atoms with Crippen molar-refractivity contribution in [2.45, 2.75) is 31.8 Å². The third kappa shape index (κ3) is 5.30. The van der Waals surface area contributed by atoms with Gasteiger partial charge in [0.1, 0.15) is 0 Å². The molecule has 2 amide bonds. The van der Waals surface area contributed by atoms with Crippen molar-refractivity contribution >= 4 is 17.5 Å². The Hall–Kier alpha value is -2.92. The van der Waals surface area contributed by atoms with Crippen LogP contribution < -0.4 is 5.32 Å². The summed E-state index contributed by atoms with van der Waals surface area (Å²) in [5.74, 6) is 0.111. The van der Waals surface area contributed by atoms with Gasteiger partial charge in [0.25, 0.3) is 0 Å². The van der Waals surface area contributed by atoms with Crippen molar-refractivity contribution in [1.82, 2.24) is 4.90 Å². The molecule has 0 saturated heterocycles. The second kappa shape index (κ2) is 9.33. The van der Waals surface area contributed by atoms with Gasteiger partial charge in [-0.25, -0.2) is 0 Å². The van der Waals surface area contributed by atoms with Crippen LogP contribution >= 0.6 is 0 Å². The SMILES string of the molecule is C=CC(=O)Nc1ccc(CC(=O)N(Cc2ccccc2)C(CO)C2CC2)cc1. The molecule has 2 aromatic carbocycles. The Morgan fingerprint density at radius 3 is 2.36 bits per heavy atom. The first kappa shape index (κ1) is 19.8. The van der Waals surface area contributed by atoms with Crippen LogP contribution in [0.15, 0.2) is 67.3 Å². The summed E-state index contributed by atoms with van der Waals surface area (Å²) >= 11 is 0. The fourth-order valence-corrected chi connectivity index (χ4v) is 3.33. The third-order valence-corrected chi connectivity index (χ3v) is 5.03. The molecule has 1 aliphatic rings. The van der Waals surface area contributed by atoms with Gasteiger partial charge in [-0.3, -0.25) is 9.59 Å². The fraction of sp³-hybridized carbons (Fsp3) is 0.304. The zero-order chi connectivity index (χ0) is 19.9. The molecule has 1 fully saturated rings. The maximum Gasteiger partial charge on any atom is 0.247 e. The number of rotatable bonds is 9. The van der Waals surface area contributed by atoms with Gasteiger partial charge < -0.3 is 15.3 Å². The van der Waals surface area contributed by atoms with E-state index in [9.17, 15) is 14.7 Å². The van der Waals surface area contributed by atoms with Crippen LogP contribution in [0.5, 0.6) is 0 Å². The smallest absolute Gasteiger partial charge is 0.247 e. The lowest BCUT2D eigenvalue weighted by atomic mass is 10.1. The normalized spacial score (nSPS) is 14.2. The molecule has 1 atom stereocenters. The first-order chi connectivity index (χ1) is 13.6. The Kier molecular flexibility index (Phi) is 6.61. The van der Waals surface area contributed by atoms with Crippen LogP contribution in [0.2, 0.25) is 0 Å². The Morgan fingerprint density at radius 1 is 1.11 bits per heavy atom. The van der Waals surface area contributed by atoms with Crippen LogP contribution in [0.1, 0.15) is 24.0 Å². The fourth-order valence-electron chi connectivity index (χ4n) is 3.33. The van der Waals surface area contributed by atoms with Crippen LogP contribution in [-0.2, 0) is 22.6 Å². The largest absolute Gasteiger partial charge is 0.394 e. The minimum absolute atomic E-state index is 0.00215. The second-order valence-electron chi connectivity index (χ2n) is 7.16. The lowest BCUT2D eigenvalue weighted by Crippen LogP contribution is -2.44. The van der Waals surface area contributed by atoms with Crippen molar-refractivity contribution in [3.05, 3.63) is 78.4 Å². The van der Waals surface area contributed by atoms with E-state index in [0.717, 1.165) is 24.0 Å². The highest BCUT2D eigenvalue weighted by atomic mass is 16.3. The number of hydrogen-bond donors (Lipinski definition) is 2. The summed E-state index contributed by atoms with van der Waals surface area (Å²) in [7, 11) is 0. The quantitative estimate of drug-likeness (QED) is 0.659. The second-order valence-corrected chi connectivity index (χ2v) is 7.16. The molecule has 1 aliphatic carbocycles. The van der Waals surface area contributed by atoms with Crippen molar-refractivity contribution in [2.24, 2.45) is 5.92 Å². The summed E-state index contributed by atoms with van der Waals surface area (Å²) in [5, 5.41) is 12.6. The number of carbonyl (C=O) groups excluding carboxylic acids is 2. The Bertz CT molecular complexity index is 814. The van der Waals surface area contributed by atoms with Crippen molar-refractivity contribution in [3.8, 4) is 0 Å². The first-order valence-corrected chi connectivity index (χ1v) is 9.57. The van der Waals surface area contributed by atoms with E-state index in [0.29, 0.717) is 18.2 Å². The highest BCUT2D eigenvalue weighted by Gasteiger charge is 2.36. The number of aliphatic hydroxyl groups is 1. The van der Waals surface area contributed by atoms with E-state index in [1.165, 1.54) is 6.08 Å². The molecule has 0 radical (unpaired) electrons. The lowest BCUT2D eigenvalue weighted by Gasteiger charge is -2.31. The summed E-state index contributed by atoms with van der Waals surface area (Å²) in [6, 6.07) is 16.9. The maximum absolute atomic E-state index is 13.1. The number of hydrogen-bond acceptors (Lipinski definition) is 3. The van der Waals surface area contributed by atoms with Crippen molar-refractivity contribution in [2.75, 3.05) is 11.9 Å². The summed E-state index contributed by atoms with van der Waals surface area (Å²) in [6.07, 6.45) is 3.58. The van der Waals surface area contributed by atoms with Crippen LogP contribution in [-0.4, -0.2) is 34.5 Å². The minimum Gasteiger partial charge on any atom is -0.394 e. The molecule has 3 rings (SSSR count). The van der Waals surface area contributed by atoms with E-state index >= 15 is 0 Å². The van der Waals surface area contributed by atoms with Gasteiger partial charge in [-0.1, -0.05) is 49.0 Å². The average Bonchev–Trinajstić information content (AvgIpc) is 3.55. The number of carbonyl (C=O) groups is 2. The van der Waals surface area contributed by atoms with Crippen LogP contribution in [0.3, 0.4) is 0 Å². The van der Waals surface area contributed by atoms with Crippen molar-refractivity contribution < 1.29 is 14.7 Å². The summed E-state index contributed by atoms with van der Waals surface area (Å²) in [6.45, 7) is 3.91. The zero-order valence-corrected chi connectivity index (χ0v) is 15.9. The molecular weight excluding hydrogens is 352 g/mol. The summed E-state index contributed by atoms with van der Waals surface area (Å²) < 4.78 is 0. The van der Waals surface area contributed by atoms with E-state index in [4.69, 9.17) is 0 Å². The monoisotopic (exact) mass is 378 g/mol. The van der Waals surface area contributed by atoms with Crippen LogP contribution in [0.25, 0.3) is 0 Å². The number of amides is 2. The van der Waals surface area contributed by atoms with Gasteiger partial charge in [-0.05, 0) is 48.1 Å². The first-order valence-electron chi connectivity index (χ1n) is 9.57. The van der Waals surface area contributed by atoms with E-state index in [-0.39, 0.29) is 30.9 Å². The van der Waals surface area contributed by atoms with Gasteiger partial charge in [-0.15, -0.1) is 0 Å². The molecule has 2 N–H and O–H groups in total. The number of anilines is 1. The molecule has 0 aromatic heterocycles. The molecule has 0 spiro atoms. The molecule has 1 saturated carbocycles. The highest BCUT2D eigenvalue weighted by Crippen LogP contribution is 2.36. The molecule has 5 heteroatoms. The number of nitrogens with zero attached hydrogens (tertiary/aromatic N) is 1. The molecule has 2 aromatic rings. The summed E-state index contributed by atoms with van der Waals surface area (Å²) in [5.41, 5.74) is 2.58. The molecule has 0 bridgehead atoms. The van der Waals surface area contributed by atoms with Crippen LogP contribution in [0, 0.1) is 5.92 Å². The predicted molar refractivity (Wildman–Crippen MR) is 110 cm³/mol. The molecule has 0 aliphatic heterocycles. The Balaban J connectivity index is 1.71. The third-order valence-electron chi connectivity index (χ3n) is 5.03. The van der Waals surface area contributed by atoms with E-state index < -0.39 is 0 Å². The number of nitrogens with one attached hydrogen (secondary N) is 1. The topological polar surface area (TPSA) is 69.6 Å². The Morgan fingerprint density at radius 2 is 1.79 bits per heavy atom. The standard InChI is InChI=1S/C23H26N2O3/c1-2-22(27)24-20-12-8-17(9-13-20)14-23(28)25(21(16-26)19-10-11-19)15-18-6-4-3-5-7-18/h2-9,12-13,19,21,26H,1,10-11,14-16H2,(H,24,27). The zero-order valence-electron chi connectivity index (χ0n) is 15.9. The van der Waals surface area contributed by atoms with E-state index in [2.05, 4.69) is 11.9 Å². The lowest BCUT2D eigenvalue weighted by molar-refractivity contribution is -0.135. The van der Waals surface area contributed by atoms with Gasteiger partial charge in [0, 0.05) is 12.2 Å².